The lowest BCUT2D eigenvalue weighted by Crippen LogP contribution is -2.38. The first-order chi connectivity index (χ1) is 8.49. The Kier molecular flexibility index (Phi) is 6.21. The highest BCUT2D eigenvalue weighted by atomic mass is 79.9. The van der Waals surface area contributed by atoms with E-state index in [0.717, 1.165) is 9.37 Å². The molecule has 1 aromatic rings. The lowest BCUT2D eigenvalue weighted by atomic mass is 10.3. The summed E-state index contributed by atoms with van der Waals surface area (Å²) in [5.41, 5.74) is 0. The third-order valence-corrected chi connectivity index (χ3v) is 3.70. The van der Waals surface area contributed by atoms with E-state index >= 15 is 0 Å². The van der Waals surface area contributed by atoms with Crippen LogP contribution in [0.15, 0.2) is 33.6 Å². The van der Waals surface area contributed by atoms with E-state index in [9.17, 15) is 9.59 Å². The van der Waals surface area contributed by atoms with Gasteiger partial charge >= 0.3 is 5.97 Å². The zero-order valence-electron chi connectivity index (χ0n) is 9.85. The Bertz CT molecular complexity index is 422. The number of hydrogen-bond donors (Lipinski definition) is 2. The molecule has 0 aromatic heterocycles. The van der Waals surface area contributed by atoms with Crippen molar-refractivity contribution < 1.29 is 14.7 Å². The van der Waals surface area contributed by atoms with Gasteiger partial charge < -0.3 is 10.4 Å². The van der Waals surface area contributed by atoms with Gasteiger partial charge in [0.05, 0.1) is 0 Å². The van der Waals surface area contributed by atoms with Gasteiger partial charge in [0.1, 0.15) is 6.04 Å². The SMILES string of the molecule is C[C@H](NC(=O)CCSc1ccc(Br)cc1)C(=O)O. The van der Waals surface area contributed by atoms with Crippen molar-refractivity contribution in [3.8, 4) is 0 Å². The Hall–Kier alpha value is -1.01. The summed E-state index contributed by atoms with van der Waals surface area (Å²) < 4.78 is 1.01. The summed E-state index contributed by atoms with van der Waals surface area (Å²) in [4.78, 5) is 23.0. The zero-order chi connectivity index (χ0) is 13.5. The van der Waals surface area contributed by atoms with Crippen molar-refractivity contribution in [3.63, 3.8) is 0 Å². The van der Waals surface area contributed by atoms with Crippen LogP contribution in [0.2, 0.25) is 0 Å². The van der Waals surface area contributed by atoms with Gasteiger partial charge in [0.15, 0.2) is 0 Å². The van der Waals surface area contributed by atoms with E-state index < -0.39 is 12.0 Å². The molecule has 1 aromatic carbocycles. The van der Waals surface area contributed by atoms with Gasteiger partial charge in [-0.05, 0) is 31.2 Å². The molecule has 98 valence electrons. The largest absolute Gasteiger partial charge is 0.480 e. The maximum atomic E-state index is 11.4. The summed E-state index contributed by atoms with van der Waals surface area (Å²) in [5, 5.41) is 11.1. The number of amides is 1. The van der Waals surface area contributed by atoms with Crippen LogP contribution in [0, 0.1) is 0 Å². The van der Waals surface area contributed by atoms with Crippen molar-refractivity contribution in [2.75, 3.05) is 5.75 Å². The summed E-state index contributed by atoms with van der Waals surface area (Å²) >= 11 is 4.91. The minimum absolute atomic E-state index is 0.241. The molecule has 6 heteroatoms. The van der Waals surface area contributed by atoms with Crippen LogP contribution in [0.25, 0.3) is 0 Å². The Morgan fingerprint density at radius 1 is 1.39 bits per heavy atom. The predicted octanol–water partition coefficient (Wildman–Crippen LogP) is 2.52. The number of halogens is 1. The second kappa shape index (κ2) is 7.43. The molecule has 18 heavy (non-hydrogen) atoms. The predicted molar refractivity (Wildman–Crippen MR) is 74.7 cm³/mol. The minimum Gasteiger partial charge on any atom is -0.480 e. The first kappa shape index (κ1) is 15.0. The minimum atomic E-state index is -1.02. The molecule has 0 saturated heterocycles. The van der Waals surface area contributed by atoms with Crippen molar-refractivity contribution in [1.29, 1.82) is 0 Å². The average molecular weight is 332 g/mol. The van der Waals surface area contributed by atoms with Crippen molar-refractivity contribution in [2.45, 2.75) is 24.3 Å². The zero-order valence-corrected chi connectivity index (χ0v) is 12.3. The number of benzene rings is 1. The van der Waals surface area contributed by atoms with Gasteiger partial charge in [-0.3, -0.25) is 9.59 Å². The van der Waals surface area contributed by atoms with Gasteiger partial charge in [-0.2, -0.15) is 0 Å². The van der Waals surface area contributed by atoms with E-state index in [1.54, 1.807) is 11.8 Å². The molecule has 0 unspecified atom stereocenters. The van der Waals surface area contributed by atoms with Crippen molar-refractivity contribution >= 4 is 39.6 Å². The van der Waals surface area contributed by atoms with Crippen LogP contribution in [0.4, 0.5) is 0 Å². The normalized spacial score (nSPS) is 11.9. The summed E-state index contributed by atoms with van der Waals surface area (Å²) in [5.74, 6) is -0.641. The number of nitrogens with one attached hydrogen (secondary N) is 1. The fraction of sp³-hybridized carbons (Fsp3) is 0.333. The van der Waals surface area contributed by atoms with E-state index in [1.807, 2.05) is 24.3 Å². The van der Waals surface area contributed by atoms with Gasteiger partial charge in [-0.25, -0.2) is 0 Å². The van der Waals surface area contributed by atoms with E-state index in [4.69, 9.17) is 5.11 Å². The Morgan fingerprint density at radius 3 is 2.56 bits per heavy atom. The van der Waals surface area contributed by atoms with Gasteiger partial charge in [-0.15, -0.1) is 11.8 Å². The molecule has 0 aliphatic heterocycles. The molecule has 0 fully saturated rings. The first-order valence-electron chi connectivity index (χ1n) is 5.39. The third-order valence-electron chi connectivity index (χ3n) is 2.16. The van der Waals surface area contributed by atoms with Crippen LogP contribution in [-0.2, 0) is 9.59 Å². The Labute approximate surface area is 118 Å². The van der Waals surface area contributed by atoms with Crippen LogP contribution in [0.3, 0.4) is 0 Å². The number of hydrogen-bond acceptors (Lipinski definition) is 3. The summed E-state index contributed by atoms with van der Waals surface area (Å²) in [6.07, 6.45) is 0.304. The average Bonchev–Trinajstić information content (AvgIpc) is 2.31. The van der Waals surface area contributed by atoms with Crippen molar-refractivity contribution in [2.24, 2.45) is 0 Å². The number of carboxylic acids is 1. The molecule has 0 aliphatic rings. The maximum Gasteiger partial charge on any atom is 0.325 e. The molecule has 0 radical (unpaired) electrons. The number of carbonyl (C=O) groups excluding carboxylic acids is 1. The highest BCUT2D eigenvalue weighted by Gasteiger charge is 2.13. The Morgan fingerprint density at radius 2 is 2.00 bits per heavy atom. The highest BCUT2D eigenvalue weighted by Crippen LogP contribution is 2.21. The van der Waals surface area contributed by atoms with Crippen LogP contribution < -0.4 is 5.32 Å². The monoisotopic (exact) mass is 331 g/mol. The third kappa shape index (κ3) is 5.55. The molecule has 0 bridgehead atoms. The molecule has 2 N–H and O–H groups in total. The fourth-order valence-electron chi connectivity index (χ4n) is 1.17. The Balaban J connectivity index is 2.27. The molecule has 0 saturated carbocycles. The molecular weight excluding hydrogens is 318 g/mol. The second-order valence-corrected chi connectivity index (χ2v) is 5.76. The molecule has 1 amide bonds. The number of rotatable bonds is 6. The van der Waals surface area contributed by atoms with Crippen molar-refractivity contribution in [1.82, 2.24) is 5.32 Å². The number of carboxylic acid groups (broad SMARTS) is 1. The van der Waals surface area contributed by atoms with Crippen molar-refractivity contribution in [3.05, 3.63) is 28.7 Å². The molecule has 0 spiro atoms. The van der Waals surface area contributed by atoms with Gasteiger partial charge in [0, 0.05) is 21.5 Å². The molecule has 0 heterocycles. The van der Waals surface area contributed by atoms with E-state index in [2.05, 4.69) is 21.2 Å². The topological polar surface area (TPSA) is 66.4 Å². The molecule has 1 rings (SSSR count). The molecule has 0 aliphatic carbocycles. The van der Waals surface area contributed by atoms with Crippen LogP contribution >= 0.6 is 27.7 Å². The van der Waals surface area contributed by atoms with Crippen LogP contribution in [-0.4, -0.2) is 28.8 Å². The van der Waals surface area contributed by atoms with Crippen LogP contribution in [0.1, 0.15) is 13.3 Å². The fourth-order valence-corrected chi connectivity index (χ4v) is 2.28. The lowest BCUT2D eigenvalue weighted by Gasteiger charge is -2.08. The summed E-state index contributed by atoms with van der Waals surface area (Å²) in [7, 11) is 0. The summed E-state index contributed by atoms with van der Waals surface area (Å²) in [6.45, 7) is 1.45. The summed E-state index contributed by atoms with van der Waals surface area (Å²) in [6, 6.07) is 6.97. The highest BCUT2D eigenvalue weighted by molar-refractivity contribution is 9.10. The maximum absolute atomic E-state index is 11.4. The van der Waals surface area contributed by atoms with Gasteiger partial charge in [0.2, 0.25) is 5.91 Å². The van der Waals surface area contributed by atoms with E-state index in [-0.39, 0.29) is 5.91 Å². The van der Waals surface area contributed by atoms with Crippen LogP contribution in [0.5, 0.6) is 0 Å². The number of aliphatic carboxylic acids is 1. The van der Waals surface area contributed by atoms with E-state index in [1.165, 1.54) is 6.92 Å². The molecule has 1 atom stereocenters. The smallest absolute Gasteiger partial charge is 0.325 e. The molecule has 4 nitrogen and oxygen atoms in total. The second-order valence-electron chi connectivity index (χ2n) is 3.68. The number of carbonyl (C=O) groups is 2. The van der Waals surface area contributed by atoms with Gasteiger partial charge in [-0.1, -0.05) is 15.9 Å². The lowest BCUT2D eigenvalue weighted by molar-refractivity contribution is -0.141. The quantitative estimate of drug-likeness (QED) is 0.786. The van der Waals surface area contributed by atoms with Gasteiger partial charge in [0.25, 0.3) is 0 Å². The molecular formula is C12H14BrNO3S. The van der Waals surface area contributed by atoms with E-state index in [0.29, 0.717) is 12.2 Å². The first-order valence-corrected chi connectivity index (χ1v) is 7.17. The standard InChI is InChI=1S/C12H14BrNO3S/c1-8(12(16)17)14-11(15)6-7-18-10-4-2-9(13)3-5-10/h2-5,8H,6-7H2,1H3,(H,14,15)(H,16,17)/t8-/m0/s1. The number of thioether (sulfide) groups is 1.